The lowest BCUT2D eigenvalue weighted by molar-refractivity contribution is -0.137. The first-order valence-corrected chi connectivity index (χ1v) is 10.4. The SMILES string of the molecule is Cc1c(C(=O)Nc2cccc(C(F)(F)F)c2)sc2c1[C@@H](c1ccsc1)CC(=O)N2. The number of nitrogens with one attached hydrogen (secondary N) is 2. The van der Waals surface area contributed by atoms with Crippen LogP contribution in [0.25, 0.3) is 0 Å². The van der Waals surface area contributed by atoms with Gasteiger partial charge in [-0.15, -0.1) is 11.3 Å². The Morgan fingerprint density at radius 3 is 2.76 bits per heavy atom. The first kappa shape index (κ1) is 19.7. The molecule has 0 unspecified atom stereocenters. The summed E-state index contributed by atoms with van der Waals surface area (Å²) in [5.74, 6) is -0.768. The highest BCUT2D eigenvalue weighted by Crippen LogP contribution is 2.45. The van der Waals surface area contributed by atoms with Gasteiger partial charge in [0.05, 0.1) is 15.4 Å². The van der Waals surface area contributed by atoms with Crippen molar-refractivity contribution in [3.63, 3.8) is 0 Å². The molecule has 0 saturated heterocycles. The van der Waals surface area contributed by atoms with Crippen LogP contribution >= 0.6 is 22.7 Å². The molecule has 3 aromatic rings. The highest BCUT2D eigenvalue weighted by Gasteiger charge is 2.33. The van der Waals surface area contributed by atoms with Gasteiger partial charge in [0.25, 0.3) is 5.91 Å². The molecule has 2 amide bonds. The number of benzene rings is 1. The van der Waals surface area contributed by atoms with E-state index in [1.165, 1.54) is 23.5 Å². The second-order valence-corrected chi connectivity index (χ2v) is 8.49. The predicted molar refractivity (Wildman–Crippen MR) is 108 cm³/mol. The molecule has 1 aromatic carbocycles. The van der Waals surface area contributed by atoms with E-state index in [9.17, 15) is 22.8 Å². The standard InChI is InChI=1S/C20H15F3N2O2S2/c1-10-16-14(11-5-6-28-9-11)8-15(26)25-19(16)29-17(10)18(27)24-13-4-2-3-12(7-13)20(21,22)23/h2-7,9,14H,8H2,1H3,(H,24,27)(H,25,26)/t14-/m1/s1. The predicted octanol–water partition coefficient (Wildman–Crippen LogP) is 5.86. The molecule has 2 aromatic heterocycles. The topological polar surface area (TPSA) is 58.2 Å². The van der Waals surface area contributed by atoms with Crippen molar-refractivity contribution in [3.05, 3.63) is 68.2 Å². The summed E-state index contributed by atoms with van der Waals surface area (Å²) in [6.07, 6.45) is -4.20. The number of carbonyl (C=O) groups is 2. The molecule has 0 radical (unpaired) electrons. The number of halogens is 3. The van der Waals surface area contributed by atoms with E-state index in [0.717, 1.165) is 40.2 Å². The molecule has 150 valence electrons. The number of alkyl halides is 3. The molecule has 1 atom stereocenters. The Balaban J connectivity index is 1.66. The number of fused-ring (bicyclic) bond motifs is 1. The zero-order valence-electron chi connectivity index (χ0n) is 15.1. The van der Waals surface area contributed by atoms with Crippen LogP contribution < -0.4 is 10.6 Å². The van der Waals surface area contributed by atoms with Crippen molar-refractivity contribution >= 4 is 45.2 Å². The van der Waals surface area contributed by atoms with Gasteiger partial charge >= 0.3 is 6.18 Å². The number of carbonyl (C=O) groups excluding carboxylic acids is 2. The summed E-state index contributed by atoms with van der Waals surface area (Å²) < 4.78 is 38.7. The molecule has 3 heterocycles. The molecular formula is C20H15F3N2O2S2. The number of thiophene rings is 2. The molecule has 9 heteroatoms. The smallest absolute Gasteiger partial charge is 0.321 e. The van der Waals surface area contributed by atoms with Crippen LogP contribution in [0.1, 0.15) is 44.3 Å². The Bertz CT molecular complexity index is 1090. The summed E-state index contributed by atoms with van der Waals surface area (Å²) in [6, 6.07) is 6.46. The maximum absolute atomic E-state index is 12.9. The van der Waals surface area contributed by atoms with Crippen molar-refractivity contribution in [1.29, 1.82) is 0 Å². The van der Waals surface area contributed by atoms with Gasteiger partial charge in [-0.25, -0.2) is 0 Å². The molecule has 0 spiro atoms. The lowest BCUT2D eigenvalue weighted by atomic mass is 9.86. The Labute approximate surface area is 172 Å². The van der Waals surface area contributed by atoms with E-state index in [1.807, 2.05) is 16.8 Å². The third-order valence-electron chi connectivity index (χ3n) is 4.78. The number of rotatable bonds is 3. The molecule has 29 heavy (non-hydrogen) atoms. The average Bonchev–Trinajstić information content (AvgIpc) is 3.29. The number of hydrogen-bond donors (Lipinski definition) is 2. The summed E-state index contributed by atoms with van der Waals surface area (Å²) in [5, 5.41) is 9.89. The van der Waals surface area contributed by atoms with Crippen molar-refractivity contribution < 1.29 is 22.8 Å². The van der Waals surface area contributed by atoms with Crippen LogP contribution in [0.3, 0.4) is 0 Å². The Kier molecular flexibility index (Phi) is 4.95. The van der Waals surface area contributed by atoms with Gasteiger partial charge in [0, 0.05) is 18.0 Å². The third-order valence-corrected chi connectivity index (χ3v) is 6.71. The highest BCUT2D eigenvalue weighted by atomic mass is 32.1. The highest BCUT2D eigenvalue weighted by molar-refractivity contribution is 7.18. The fourth-order valence-corrected chi connectivity index (χ4v) is 5.33. The molecule has 0 bridgehead atoms. The van der Waals surface area contributed by atoms with E-state index in [1.54, 1.807) is 6.92 Å². The van der Waals surface area contributed by atoms with Gasteiger partial charge in [-0.1, -0.05) is 6.07 Å². The number of hydrogen-bond acceptors (Lipinski definition) is 4. The van der Waals surface area contributed by atoms with E-state index in [2.05, 4.69) is 10.6 Å². The van der Waals surface area contributed by atoms with Crippen LogP contribution in [-0.4, -0.2) is 11.8 Å². The van der Waals surface area contributed by atoms with Gasteiger partial charge in [-0.3, -0.25) is 9.59 Å². The minimum atomic E-state index is -4.49. The molecule has 4 nitrogen and oxygen atoms in total. The largest absolute Gasteiger partial charge is 0.416 e. The van der Waals surface area contributed by atoms with E-state index >= 15 is 0 Å². The molecular weight excluding hydrogens is 421 g/mol. The average molecular weight is 436 g/mol. The molecule has 1 aliphatic heterocycles. The first-order chi connectivity index (χ1) is 13.7. The molecule has 0 saturated carbocycles. The van der Waals surface area contributed by atoms with Crippen LogP contribution in [0, 0.1) is 6.92 Å². The fourth-order valence-electron chi connectivity index (χ4n) is 3.44. The van der Waals surface area contributed by atoms with Gasteiger partial charge in [0.2, 0.25) is 5.91 Å². The molecule has 1 aliphatic rings. The van der Waals surface area contributed by atoms with E-state index in [-0.39, 0.29) is 23.9 Å². The molecule has 0 aliphatic carbocycles. The Hall–Kier alpha value is -2.65. The third kappa shape index (κ3) is 3.79. The zero-order valence-corrected chi connectivity index (χ0v) is 16.7. The van der Waals surface area contributed by atoms with E-state index < -0.39 is 17.6 Å². The van der Waals surface area contributed by atoms with Crippen LogP contribution in [-0.2, 0) is 11.0 Å². The Morgan fingerprint density at radius 2 is 2.07 bits per heavy atom. The van der Waals surface area contributed by atoms with Gasteiger partial charge < -0.3 is 10.6 Å². The van der Waals surface area contributed by atoms with Crippen molar-refractivity contribution in [2.45, 2.75) is 25.4 Å². The zero-order chi connectivity index (χ0) is 20.8. The van der Waals surface area contributed by atoms with Crippen molar-refractivity contribution in [2.75, 3.05) is 10.6 Å². The van der Waals surface area contributed by atoms with Gasteiger partial charge in [-0.05, 0) is 58.6 Å². The summed E-state index contributed by atoms with van der Waals surface area (Å²) in [7, 11) is 0. The monoisotopic (exact) mass is 436 g/mol. The number of anilines is 2. The Morgan fingerprint density at radius 1 is 1.28 bits per heavy atom. The maximum Gasteiger partial charge on any atom is 0.416 e. The van der Waals surface area contributed by atoms with Crippen LogP contribution in [0.2, 0.25) is 0 Å². The second kappa shape index (κ2) is 7.31. The summed E-state index contributed by atoms with van der Waals surface area (Å²) in [5.41, 5.74) is 1.86. The second-order valence-electron chi connectivity index (χ2n) is 6.69. The summed E-state index contributed by atoms with van der Waals surface area (Å²) in [6.45, 7) is 1.80. The lowest BCUT2D eigenvalue weighted by Gasteiger charge is -2.23. The molecule has 2 N–H and O–H groups in total. The van der Waals surface area contributed by atoms with Crippen LogP contribution in [0.5, 0.6) is 0 Å². The van der Waals surface area contributed by atoms with Crippen molar-refractivity contribution in [2.24, 2.45) is 0 Å². The quantitative estimate of drug-likeness (QED) is 0.540. The normalized spacial score (nSPS) is 16.3. The van der Waals surface area contributed by atoms with E-state index in [0.29, 0.717) is 9.88 Å². The molecule has 0 fully saturated rings. The summed E-state index contributed by atoms with van der Waals surface area (Å²) in [4.78, 5) is 25.3. The minimum absolute atomic E-state index is 0.0639. The van der Waals surface area contributed by atoms with Crippen LogP contribution in [0.4, 0.5) is 23.9 Å². The maximum atomic E-state index is 12.9. The van der Waals surface area contributed by atoms with Gasteiger partial charge in [0.15, 0.2) is 0 Å². The molecule has 4 rings (SSSR count). The van der Waals surface area contributed by atoms with Gasteiger partial charge in [-0.2, -0.15) is 24.5 Å². The van der Waals surface area contributed by atoms with Crippen molar-refractivity contribution in [3.8, 4) is 0 Å². The minimum Gasteiger partial charge on any atom is -0.321 e. The van der Waals surface area contributed by atoms with Crippen LogP contribution in [0.15, 0.2) is 41.1 Å². The van der Waals surface area contributed by atoms with Crippen molar-refractivity contribution in [1.82, 2.24) is 0 Å². The summed E-state index contributed by atoms with van der Waals surface area (Å²) >= 11 is 2.67. The fraction of sp³-hybridized carbons (Fsp3) is 0.200. The van der Waals surface area contributed by atoms with E-state index in [4.69, 9.17) is 0 Å². The lowest BCUT2D eigenvalue weighted by Crippen LogP contribution is -2.22. The van der Waals surface area contributed by atoms with Gasteiger partial charge in [0.1, 0.15) is 0 Å². The number of amides is 2. The first-order valence-electron chi connectivity index (χ1n) is 8.68.